The minimum atomic E-state index is -0.426. The van der Waals surface area contributed by atoms with Crippen LogP contribution in [0.3, 0.4) is 0 Å². The van der Waals surface area contributed by atoms with Gasteiger partial charge in [0.1, 0.15) is 12.4 Å². The van der Waals surface area contributed by atoms with Crippen molar-refractivity contribution in [2.75, 3.05) is 0 Å². The van der Waals surface area contributed by atoms with Gasteiger partial charge in [-0.25, -0.2) is 5.43 Å². The number of hydrogen-bond acceptors (Lipinski definition) is 3. The highest BCUT2D eigenvalue weighted by atomic mass is 35.5. The van der Waals surface area contributed by atoms with Crippen molar-refractivity contribution in [1.29, 1.82) is 0 Å². The van der Waals surface area contributed by atoms with Gasteiger partial charge in [-0.2, -0.15) is 5.10 Å². The average Bonchev–Trinajstić information content (AvgIpc) is 2.70. The fourth-order valence-corrected chi connectivity index (χ4v) is 3.16. The topological polar surface area (TPSA) is 50.7 Å². The predicted octanol–water partition coefficient (Wildman–Crippen LogP) is 6.64. The summed E-state index contributed by atoms with van der Waals surface area (Å²) in [5.41, 5.74) is 4.42. The summed E-state index contributed by atoms with van der Waals surface area (Å²) in [6.45, 7) is 0.363. The quantitative estimate of drug-likeness (QED) is 0.326. The van der Waals surface area contributed by atoms with E-state index in [0.29, 0.717) is 33.0 Å². The fourth-order valence-electron chi connectivity index (χ4n) is 2.35. The minimum absolute atomic E-state index is 0.258. The molecule has 148 valence electrons. The highest BCUT2D eigenvalue weighted by Gasteiger charge is 2.09. The number of nitrogens with one attached hydrogen (secondary N) is 1. The number of halogens is 4. The molecule has 3 aromatic rings. The van der Waals surface area contributed by atoms with E-state index in [2.05, 4.69) is 10.5 Å². The Morgan fingerprint density at radius 3 is 2.34 bits per heavy atom. The lowest BCUT2D eigenvalue weighted by atomic mass is 10.2. The normalized spacial score (nSPS) is 10.9. The van der Waals surface area contributed by atoms with Crippen molar-refractivity contribution in [3.05, 3.63) is 97.4 Å². The van der Waals surface area contributed by atoms with Crippen LogP contribution >= 0.6 is 46.4 Å². The van der Waals surface area contributed by atoms with Crippen molar-refractivity contribution in [2.24, 2.45) is 5.10 Å². The van der Waals surface area contributed by atoms with Gasteiger partial charge in [-0.1, -0.05) is 52.5 Å². The maximum Gasteiger partial charge on any atom is 0.272 e. The maximum absolute atomic E-state index is 12.1. The summed E-state index contributed by atoms with van der Waals surface area (Å²) in [4.78, 5) is 12.1. The van der Waals surface area contributed by atoms with Crippen LogP contribution in [0.15, 0.2) is 65.8 Å². The molecule has 3 rings (SSSR count). The lowest BCUT2D eigenvalue weighted by Gasteiger charge is -2.07. The van der Waals surface area contributed by atoms with Gasteiger partial charge in [-0.15, -0.1) is 0 Å². The van der Waals surface area contributed by atoms with E-state index in [1.54, 1.807) is 30.3 Å². The van der Waals surface area contributed by atoms with Gasteiger partial charge >= 0.3 is 0 Å². The van der Waals surface area contributed by atoms with Gasteiger partial charge in [-0.3, -0.25) is 4.79 Å². The molecule has 8 heteroatoms. The van der Waals surface area contributed by atoms with Crippen LogP contribution in [0.4, 0.5) is 0 Å². The van der Waals surface area contributed by atoms with Gasteiger partial charge < -0.3 is 4.74 Å². The summed E-state index contributed by atoms with van der Waals surface area (Å²) in [6, 6.07) is 17.2. The number of hydrogen-bond donors (Lipinski definition) is 1. The zero-order valence-corrected chi connectivity index (χ0v) is 17.9. The summed E-state index contributed by atoms with van der Waals surface area (Å²) < 4.78 is 5.72. The first-order valence-corrected chi connectivity index (χ1v) is 9.89. The fraction of sp³-hybridized carbons (Fsp3) is 0.0476. The van der Waals surface area contributed by atoms with Crippen LogP contribution in [0, 0.1) is 0 Å². The summed E-state index contributed by atoms with van der Waals surface area (Å²) in [5.74, 6) is 0.259. The van der Waals surface area contributed by atoms with Crippen molar-refractivity contribution in [3.8, 4) is 5.75 Å². The highest BCUT2D eigenvalue weighted by Crippen LogP contribution is 2.23. The summed E-state index contributed by atoms with van der Waals surface area (Å²) in [5, 5.41) is 5.64. The number of ether oxygens (including phenoxy) is 1. The Balaban J connectivity index is 1.54. The largest absolute Gasteiger partial charge is 0.489 e. The van der Waals surface area contributed by atoms with Crippen LogP contribution in [0.2, 0.25) is 20.1 Å². The van der Waals surface area contributed by atoms with E-state index >= 15 is 0 Å². The molecule has 0 bridgehead atoms. The zero-order chi connectivity index (χ0) is 20.8. The first-order chi connectivity index (χ1) is 13.9. The SMILES string of the molecule is O=C(N/N=C\c1ccc(OCc2ccc(Cl)c(Cl)c2)cc1)c1ccc(Cl)cc1Cl. The number of hydrazone groups is 1. The Morgan fingerprint density at radius 2 is 1.66 bits per heavy atom. The molecule has 0 spiro atoms. The molecule has 0 saturated carbocycles. The first-order valence-electron chi connectivity index (χ1n) is 8.37. The average molecular weight is 468 g/mol. The van der Waals surface area contributed by atoms with Crippen molar-refractivity contribution >= 4 is 58.5 Å². The van der Waals surface area contributed by atoms with E-state index in [9.17, 15) is 4.79 Å². The molecule has 4 nitrogen and oxygen atoms in total. The molecular weight excluding hydrogens is 454 g/mol. The molecular formula is C21H14Cl4N2O2. The molecule has 0 heterocycles. The predicted molar refractivity (Wildman–Crippen MR) is 119 cm³/mol. The maximum atomic E-state index is 12.1. The first kappa shape index (κ1) is 21.5. The smallest absolute Gasteiger partial charge is 0.272 e. The Morgan fingerprint density at radius 1 is 0.897 bits per heavy atom. The molecule has 29 heavy (non-hydrogen) atoms. The van der Waals surface area contributed by atoms with Gasteiger partial charge in [0.15, 0.2) is 0 Å². The summed E-state index contributed by atoms with van der Waals surface area (Å²) in [6.07, 6.45) is 1.52. The zero-order valence-electron chi connectivity index (χ0n) is 14.8. The Bertz CT molecular complexity index is 1050. The molecule has 0 aliphatic rings. The van der Waals surface area contributed by atoms with Gasteiger partial charge in [-0.05, 0) is 65.7 Å². The molecule has 0 aromatic heterocycles. The van der Waals surface area contributed by atoms with E-state index in [1.165, 1.54) is 18.3 Å². The number of carbonyl (C=O) groups is 1. The standard InChI is InChI=1S/C21H14Cl4N2O2/c22-15-4-7-17(19(24)10-15)21(28)27-26-11-13-1-5-16(6-2-13)29-12-14-3-8-18(23)20(25)9-14/h1-11H,12H2,(H,27,28)/b26-11-. The number of benzene rings is 3. The van der Waals surface area contributed by atoms with Crippen LogP contribution in [-0.4, -0.2) is 12.1 Å². The lowest BCUT2D eigenvalue weighted by Crippen LogP contribution is -2.18. The Kier molecular flexibility index (Phi) is 7.40. The van der Waals surface area contributed by atoms with Crippen molar-refractivity contribution < 1.29 is 9.53 Å². The summed E-state index contributed by atoms with van der Waals surface area (Å²) >= 11 is 23.7. The summed E-state index contributed by atoms with van der Waals surface area (Å²) in [7, 11) is 0. The Hall–Kier alpha value is -2.24. The van der Waals surface area contributed by atoms with Gasteiger partial charge in [0, 0.05) is 5.02 Å². The third kappa shape index (κ3) is 6.12. The van der Waals surface area contributed by atoms with Crippen LogP contribution in [0.25, 0.3) is 0 Å². The lowest BCUT2D eigenvalue weighted by molar-refractivity contribution is 0.0955. The second-order valence-corrected chi connectivity index (χ2v) is 7.59. The van der Waals surface area contributed by atoms with Crippen molar-refractivity contribution in [1.82, 2.24) is 5.43 Å². The molecule has 0 aliphatic carbocycles. The van der Waals surface area contributed by atoms with Gasteiger partial charge in [0.05, 0.1) is 26.8 Å². The van der Waals surface area contributed by atoms with Crippen LogP contribution in [0.1, 0.15) is 21.5 Å². The van der Waals surface area contributed by atoms with Crippen LogP contribution < -0.4 is 10.2 Å². The number of amides is 1. The van der Waals surface area contributed by atoms with Gasteiger partial charge in [0.25, 0.3) is 5.91 Å². The third-order valence-corrected chi connectivity index (χ3v) is 5.11. The third-order valence-electron chi connectivity index (χ3n) is 3.83. The van der Waals surface area contributed by atoms with Gasteiger partial charge in [0.2, 0.25) is 0 Å². The molecule has 1 N–H and O–H groups in total. The van der Waals surface area contributed by atoms with Crippen LogP contribution in [0.5, 0.6) is 5.75 Å². The second kappa shape index (κ2) is 9.99. The minimum Gasteiger partial charge on any atom is -0.489 e. The molecule has 0 aliphatic heterocycles. The van der Waals surface area contributed by atoms with E-state index in [0.717, 1.165) is 11.1 Å². The van der Waals surface area contributed by atoms with E-state index in [-0.39, 0.29) is 5.02 Å². The van der Waals surface area contributed by atoms with E-state index in [1.807, 2.05) is 18.2 Å². The number of carbonyl (C=O) groups excluding carboxylic acids is 1. The molecule has 0 saturated heterocycles. The second-order valence-electron chi connectivity index (χ2n) is 5.93. The molecule has 0 atom stereocenters. The van der Waals surface area contributed by atoms with Crippen molar-refractivity contribution in [3.63, 3.8) is 0 Å². The molecule has 1 amide bonds. The monoisotopic (exact) mass is 466 g/mol. The van der Waals surface area contributed by atoms with E-state index < -0.39 is 5.91 Å². The molecule has 0 fully saturated rings. The van der Waals surface area contributed by atoms with E-state index in [4.69, 9.17) is 51.1 Å². The molecule has 0 radical (unpaired) electrons. The van der Waals surface area contributed by atoms with Crippen LogP contribution in [-0.2, 0) is 6.61 Å². The Labute approximate surface area is 188 Å². The number of rotatable bonds is 6. The highest BCUT2D eigenvalue weighted by molar-refractivity contribution is 6.42. The number of nitrogens with zero attached hydrogens (tertiary/aromatic N) is 1. The molecule has 3 aromatic carbocycles. The van der Waals surface area contributed by atoms with Crippen molar-refractivity contribution in [2.45, 2.75) is 6.61 Å². The molecule has 0 unspecified atom stereocenters.